The predicted octanol–water partition coefficient (Wildman–Crippen LogP) is 4.00. The monoisotopic (exact) mass is 537 g/mol. The van der Waals surface area contributed by atoms with Gasteiger partial charge in [-0.2, -0.15) is 0 Å². The normalized spacial score (nSPS) is 18.1. The predicted molar refractivity (Wildman–Crippen MR) is 143 cm³/mol. The van der Waals surface area contributed by atoms with E-state index in [9.17, 15) is 19.2 Å². The summed E-state index contributed by atoms with van der Waals surface area (Å²) in [5.74, 6) is -1.15. The van der Waals surface area contributed by atoms with E-state index in [1.807, 2.05) is 12.1 Å². The van der Waals surface area contributed by atoms with Crippen molar-refractivity contribution < 1.29 is 23.9 Å². The zero-order valence-electron chi connectivity index (χ0n) is 21.9. The van der Waals surface area contributed by atoms with E-state index in [4.69, 9.17) is 16.3 Å². The molecule has 4 rings (SSSR count). The molecule has 0 radical (unpaired) electrons. The van der Waals surface area contributed by atoms with Crippen molar-refractivity contribution in [2.24, 2.45) is 0 Å². The van der Waals surface area contributed by atoms with E-state index in [1.54, 1.807) is 64.9 Å². The van der Waals surface area contributed by atoms with E-state index in [1.165, 1.54) is 6.92 Å². The third-order valence-electron chi connectivity index (χ3n) is 7.10. The number of hydrogen-bond donors (Lipinski definition) is 0. The fourth-order valence-electron chi connectivity index (χ4n) is 5.08. The van der Waals surface area contributed by atoms with Crippen LogP contribution < -0.4 is 0 Å². The van der Waals surface area contributed by atoms with Crippen LogP contribution in [-0.2, 0) is 25.7 Å². The Morgan fingerprint density at radius 1 is 1.00 bits per heavy atom. The minimum absolute atomic E-state index is 0.00788. The Labute approximate surface area is 227 Å². The minimum atomic E-state index is -0.460. The van der Waals surface area contributed by atoms with Gasteiger partial charge >= 0.3 is 5.97 Å². The number of rotatable bonds is 6. The number of esters is 1. The van der Waals surface area contributed by atoms with Crippen molar-refractivity contribution in [3.8, 4) is 0 Å². The molecule has 1 fully saturated rings. The maximum atomic E-state index is 13.4. The topological polar surface area (TPSA) is 87.2 Å². The van der Waals surface area contributed by atoms with Gasteiger partial charge in [-0.3, -0.25) is 14.4 Å². The van der Waals surface area contributed by atoms with Crippen LogP contribution in [0.3, 0.4) is 0 Å². The van der Waals surface area contributed by atoms with E-state index < -0.39 is 11.9 Å². The summed E-state index contributed by atoms with van der Waals surface area (Å²) in [6.07, 6.45) is 0.102. The molecule has 1 saturated heterocycles. The van der Waals surface area contributed by atoms with Gasteiger partial charge in [0.15, 0.2) is 0 Å². The minimum Gasteiger partial charge on any atom is -0.463 e. The first-order valence-corrected chi connectivity index (χ1v) is 13.1. The molecule has 0 aliphatic carbocycles. The molecule has 9 heteroatoms. The van der Waals surface area contributed by atoms with Crippen LogP contribution in [0, 0.1) is 0 Å². The lowest BCUT2D eigenvalue weighted by Gasteiger charge is -2.35. The highest BCUT2D eigenvalue weighted by Crippen LogP contribution is 2.38. The molecule has 0 N–H and O–H groups in total. The van der Waals surface area contributed by atoms with E-state index in [-0.39, 0.29) is 37.3 Å². The number of benzene rings is 2. The average Bonchev–Trinajstić information content (AvgIpc) is 2.90. The molecule has 38 heavy (non-hydrogen) atoms. The fraction of sp³-hybridized carbons (Fsp3) is 0.379. The largest absolute Gasteiger partial charge is 0.463 e. The molecular weight excluding hydrogens is 506 g/mol. The third-order valence-corrected chi connectivity index (χ3v) is 7.33. The molecule has 2 aromatic carbocycles. The van der Waals surface area contributed by atoms with Crippen LogP contribution in [0.2, 0.25) is 5.02 Å². The van der Waals surface area contributed by atoms with Gasteiger partial charge in [-0.1, -0.05) is 35.9 Å². The van der Waals surface area contributed by atoms with Gasteiger partial charge in [0.25, 0.3) is 5.91 Å². The summed E-state index contributed by atoms with van der Waals surface area (Å²) in [4.78, 5) is 56.2. The number of ether oxygens (including phenoxy) is 1. The standard InChI is InChI=1S/C29H32ClN3O5/c1-4-38-29(37)27-19(2)33(26(35)17-25(27)22-8-6-10-24(30)16-22)18-21-7-5-9-23(15-21)28(36)32-13-11-31(12-14-32)20(3)34/h5-10,15-16,25H,4,11-14,17-18H2,1-3H3. The second-order valence-electron chi connectivity index (χ2n) is 9.51. The molecule has 2 aliphatic rings. The highest BCUT2D eigenvalue weighted by atomic mass is 35.5. The van der Waals surface area contributed by atoms with Gasteiger partial charge in [-0.25, -0.2) is 4.79 Å². The fourth-order valence-corrected chi connectivity index (χ4v) is 5.28. The number of amides is 3. The Kier molecular flexibility index (Phi) is 8.52. The number of hydrogen-bond acceptors (Lipinski definition) is 5. The van der Waals surface area contributed by atoms with Gasteiger partial charge in [-0.15, -0.1) is 0 Å². The molecule has 1 unspecified atom stereocenters. The van der Waals surface area contributed by atoms with Gasteiger partial charge < -0.3 is 19.4 Å². The molecule has 1 atom stereocenters. The summed E-state index contributed by atoms with van der Waals surface area (Å²) >= 11 is 6.20. The van der Waals surface area contributed by atoms with Crippen molar-refractivity contribution in [3.63, 3.8) is 0 Å². The zero-order valence-corrected chi connectivity index (χ0v) is 22.7. The van der Waals surface area contributed by atoms with Crippen molar-refractivity contribution in [1.82, 2.24) is 14.7 Å². The van der Waals surface area contributed by atoms with E-state index in [2.05, 4.69) is 0 Å². The van der Waals surface area contributed by atoms with Gasteiger partial charge in [0, 0.05) is 61.7 Å². The maximum absolute atomic E-state index is 13.4. The van der Waals surface area contributed by atoms with Crippen LogP contribution >= 0.6 is 11.6 Å². The summed E-state index contributed by atoms with van der Waals surface area (Å²) in [5, 5.41) is 0.530. The molecule has 0 bridgehead atoms. The van der Waals surface area contributed by atoms with Gasteiger partial charge in [0.2, 0.25) is 11.8 Å². The third kappa shape index (κ3) is 5.91. The van der Waals surface area contributed by atoms with E-state index in [0.717, 1.165) is 11.1 Å². The number of carbonyl (C=O) groups excluding carboxylic acids is 4. The van der Waals surface area contributed by atoms with Crippen LogP contribution in [0.1, 0.15) is 54.6 Å². The van der Waals surface area contributed by atoms with Gasteiger partial charge in [0.05, 0.1) is 18.7 Å². The second kappa shape index (κ2) is 11.8. The van der Waals surface area contributed by atoms with Crippen LogP contribution in [-0.4, -0.2) is 71.2 Å². The Balaban J connectivity index is 1.58. The number of halogens is 1. The van der Waals surface area contributed by atoms with Crippen LogP contribution in [0.4, 0.5) is 0 Å². The molecule has 3 amide bonds. The van der Waals surface area contributed by atoms with Crippen molar-refractivity contribution in [3.05, 3.63) is 81.5 Å². The lowest BCUT2D eigenvalue weighted by atomic mass is 9.83. The lowest BCUT2D eigenvalue weighted by Crippen LogP contribution is -2.50. The number of allylic oxidation sites excluding steroid dienone is 1. The van der Waals surface area contributed by atoms with Crippen LogP contribution in [0.25, 0.3) is 0 Å². The first kappa shape index (κ1) is 27.4. The summed E-state index contributed by atoms with van der Waals surface area (Å²) in [6.45, 7) is 7.44. The lowest BCUT2D eigenvalue weighted by molar-refractivity contribution is -0.140. The summed E-state index contributed by atoms with van der Waals surface area (Å²) in [5.41, 5.74) is 3.04. The molecule has 2 aromatic rings. The number of piperazine rings is 1. The smallest absolute Gasteiger partial charge is 0.336 e. The molecule has 0 aromatic heterocycles. The van der Waals surface area contributed by atoms with Crippen LogP contribution in [0.15, 0.2) is 59.8 Å². The number of nitrogens with zero attached hydrogens (tertiary/aromatic N) is 3. The molecule has 0 spiro atoms. The SMILES string of the molecule is CCOC(=O)C1=C(C)N(Cc2cccc(C(=O)N3CCN(C(C)=O)CC3)c2)C(=O)CC1c1cccc(Cl)c1. The molecular formula is C29H32ClN3O5. The first-order chi connectivity index (χ1) is 18.2. The second-order valence-corrected chi connectivity index (χ2v) is 9.95. The maximum Gasteiger partial charge on any atom is 0.336 e. The summed E-state index contributed by atoms with van der Waals surface area (Å²) < 4.78 is 5.37. The summed E-state index contributed by atoms with van der Waals surface area (Å²) in [6, 6.07) is 14.4. The molecule has 200 valence electrons. The molecule has 8 nitrogen and oxygen atoms in total. The molecule has 2 aliphatic heterocycles. The van der Waals surface area contributed by atoms with E-state index >= 15 is 0 Å². The van der Waals surface area contributed by atoms with Gasteiger partial charge in [-0.05, 0) is 49.2 Å². The number of carbonyl (C=O) groups is 4. The van der Waals surface area contributed by atoms with Crippen molar-refractivity contribution in [2.75, 3.05) is 32.8 Å². The van der Waals surface area contributed by atoms with Crippen molar-refractivity contribution >= 4 is 35.3 Å². The molecule has 0 saturated carbocycles. The Morgan fingerprint density at radius 3 is 2.34 bits per heavy atom. The quantitative estimate of drug-likeness (QED) is 0.520. The summed E-state index contributed by atoms with van der Waals surface area (Å²) in [7, 11) is 0. The highest BCUT2D eigenvalue weighted by Gasteiger charge is 2.37. The Hall–Kier alpha value is -3.65. The Bertz CT molecular complexity index is 1280. The zero-order chi connectivity index (χ0) is 27.4. The van der Waals surface area contributed by atoms with Crippen molar-refractivity contribution in [2.45, 2.75) is 39.7 Å². The molecule has 2 heterocycles. The van der Waals surface area contributed by atoms with Gasteiger partial charge in [0.1, 0.15) is 0 Å². The first-order valence-electron chi connectivity index (χ1n) is 12.8. The van der Waals surface area contributed by atoms with Crippen molar-refractivity contribution in [1.29, 1.82) is 0 Å². The van der Waals surface area contributed by atoms with E-state index in [0.29, 0.717) is 48.0 Å². The van der Waals surface area contributed by atoms with Crippen LogP contribution in [0.5, 0.6) is 0 Å². The highest BCUT2D eigenvalue weighted by molar-refractivity contribution is 6.30. The Morgan fingerprint density at radius 2 is 1.68 bits per heavy atom. The average molecular weight is 538 g/mol.